The van der Waals surface area contributed by atoms with E-state index in [4.69, 9.17) is 0 Å². The average molecular weight is 298 g/mol. The minimum Gasteiger partial charge on any atom is -0.0901 e. The zero-order valence-electron chi connectivity index (χ0n) is 13.7. The third-order valence-electron chi connectivity index (χ3n) is 3.92. The van der Waals surface area contributed by atoms with Crippen molar-refractivity contribution in [2.24, 2.45) is 0 Å². The first-order valence-corrected chi connectivity index (χ1v) is 8.93. The topological polar surface area (TPSA) is 0 Å². The van der Waals surface area contributed by atoms with Gasteiger partial charge < -0.3 is 0 Å². The number of hydrogen-bond acceptors (Lipinski definition) is 1. The summed E-state index contributed by atoms with van der Waals surface area (Å²) in [5.41, 5.74) is 5.77. The molecule has 2 aromatic carbocycles. The quantitative estimate of drug-likeness (QED) is 0.622. The monoisotopic (exact) mass is 298 g/mol. The summed E-state index contributed by atoms with van der Waals surface area (Å²) in [6.45, 7) is 8.93. The maximum atomic E-state index is 2.34. The Morgan fingerprint density at radius 3 is 1.05 bits per heavy atom. The van der Waals surface area contributed by atoms with E-state index in [-0.39, 0.29) is 0 Å². The lowest BCUT2D eigenvalue weighted by molar-refractivity contribution is 1.06. The maximum absolute atomic E-state index is 2.34. The van der Waals surface area contributed by atoms with E-state index in [1.807, 2.05) is 11.8 Å². The van der Waals surface area contributed by atoms with Crippen molar-refractivity contribution in [2.45, 2.75) is 63.2 Å². The number of rotatable bonds is 6. The lowest BCUT2D eigenvalue weighted by Crippen LogP contribution is -1.90. The van der Waals surface area contributed by atoms with E-state index < -0.39 is 0 Å². The molecular formula is C20H26S. The van der Waals surface area contributed by atoms with Gasteiger partial charge in [-0.3, -0.25) is 0 Å². The first kappa shape index (κ1) is 16.2. The van der Waals surface area contributed by atoms with Crippen molar-refractivity contribution in [2.75, 3.05) is 0 Å². The van der Waals surface area contributed by atoms with Crippen LogP contribution in [0.5, 0.6) is 0 Å². The fourth-order valence-electron chi connectivity index (χ4n) is 2.53. The van der Waals surface area contributed by atoms with Gasteiger partial charge in [0.2, 0.25) is 0 Å². The van der Waals surface area contributed by atoms with Gasteiger partial charge in [-0.25, -0.2) is 0 Å². The third-order valence-corrected chi connectivity index (χ3v) is 4.86. The van der Waals surface area contributed by atoms with Gasteiger partial charge in [0.15, 0.2) is 0 Å². The number of hydrogen-bond donors (Lipinski definition) is 0. The molecule has 0 amide bonds. The summed E-state index contributed by atoms with van der Waals surface area (Å²) in [6.07, 6.45) is 4.43. The summed E-state index contributed by atoms with van der Waals surface area (Å²) in [4.78, 5) is 2.75. The second-order valence-corrected chi connectivity index (χ2v) is 6.63. The van der Waals surface area contributed by atoms with E-state index in [0.717, 1.165) is 25.7 Å². The molecule has 0 N–H and O–H groups in total. The molecule has 1 heteroatoms. The Hall–Kier alpha value is -1.21. The van der Waals surface area contributed by atoms with Crippen LogP contribution in [0.25, 0.3) is 0 Å². The molecule has 0 aliphatic rings. The normalized spacial score (nSPS) is 10.9. The smallest absolute Gasteiger partial charge is 0.0127 e. The van der Waals surface area contributed by atoms with Crippen molar-refractivity contribution in [3.8, 4) is 0 Å². The first-order chi connectivity index (χ1) is 10.2. The summed E-state index contributed by atoms with van der Waals surface area (Å²) >= 11 is 1.91. The van der Waals surface area contributed by atoms with Gasteiger partial charge in [0, 0.05) is 9.79 Å². The zero-order chi connectivity index (χ0) is 15.2. The standard InChI is InChI=1S/C20H26S/c1-5-15-9-16(6-2)12-19(11-15)21-20-13-17(7-3)10-18(8-4)14-20/h9-14H,5-8H2,1-4H3. The van der Waals surface area contributed by atoms with E-state index >= 15 is 0 Å². The molecule has 0 spiro atoms. The molecule has 112 valence electrons. The van der Waals surface area contributed by atoms with Crippen LogP contribution >= 0.6 is 11.8 Å². The van der Waals surface area contributed by atoms with Gasteiger partial charge in [-0.1, -0.05) is 51.6 Å². The largest absolute Gasteiger partial charge is 0.0901 e. The molecule has 0 nitrogen and oxygen atoms in total. The Bertz CT molecular complexity index is 501. The van der Waals surface area contributed by atoms with Crippen molar-refractivity contribution in [1.82, 2.24) is 0 Å². The van der Waals surface area contributed by atoms with Crippen molar-refractivity contribution in [3.05, 3.63) is 58.7 Å². The van der Waals surface area contributed by atoms with Gasteiger partial charge in [-0.15, -0.1) is 0 Å². The molecule has 0 saturated carbocycles. The molecular weight excluding hydrogens is 272 g/mol. The van der Waals surface area contributed by atoms with E-state index in [9.17, 15) is 0 Å². The molecule has 0 atom stereocenters. The second kappa shape index (κ2) is 7.70. The molecule has 0 aliphatic carbocycles. The average Bonchev–Trinajstić information content (AvgIpc) is 2.53. The van der Waals surface area contributed by atoms with Crippen LogP contribution < -0.4 is 0 Å². The van der Waals surface area contributed by atoms with Gasteiger partial charge in [0.25, 0.3) is 0 Å². The summed E-state index contributed by atoms with van der Waals surface area (Å²) in [5.74, 6) is 0. The molecule has 21 heavy (non-hydrogen) atoms. The molecule has 0 radical (unpaired) electrons. The Morgan fingerprint density at radius 1 is 0.524 bits per heavy atom. The molecule has 0 saturated heterocycles. The van der Waals surface area contributed by atoms with Crippen LogP contribution in [0.3, 0.4) is 0 Å². The molecule has 2 aromatic rings. The highest BCUT2D eigenvalue weighted by Crippen LogP contribution is 2.31. The first-order valence-electron chi connectivity index (χ1n) is 8.11. The highest BCUT2D eigenvalue weighted by atomic mass is 32.2. The molecule has 0 heterocycles. The summed E-state index contributed by atoms with van der Waals surface area (Å²) in [7, 11) is 0. The highest BCUT2D eigenvalue weighted by molar-refractivity contribution is 7.99. The van der Waals surface area contributed by atoms with Crippen molar-refractivity contribution >= 4 is 11.8 Å². The summed E-state index contributed by atoms with van der Waals surface area (Å²) in [5, 5.41) is 0. The minimum atomic E-state index is 1.11. The van der Waals surface area contributed by atoms with Gasteiger partial charge in [-0.2, -0.15) is 0 Å². The second-order valence-electron chi connectivity index (χ2n) is 5.49. The lowest BCUT2D eigenvalue weighted by Gasteiger charge is -2.10. The van der Waals surface area contributed by atoms with Crippen LogP contribution in [0.1, 0.15) is 49.9 Å². The van der Waals surface area contributed by atoms with Crippen LogP contribution in [0.2, 0.25) is 0 Å². The summed E-state index contributed by atoms with van der Waals surface area (Å²) < 4.78 is 0. The van der Waals surface area contributed by atoms with Crippen LogP contribution in [-0.4, -0.2) is 0 Å². The van der Waals surface area contributed by atoms with E-state index in [1.54, 1.807) is 0 Å². The predicted octanol–water partition coefficient (Wildman–Crippen LogP) is 6.09. The van der Waals surface area contributed by atoms with Gasteiger partial charge in [-0.05, 0) is 72.2 Å². The molecule has 0 aromatic heterocycles. The van der Waals surface area contributed by atoms with Gasteiger partial charge in [0.05, 0.1) is 0 Å². The Balaban J connectivity index is 2.32. The Kier molecular flexibility index (Phi) is 5.93. The maximum Gasteiger partial charge on any atom is 0.0127 e. The van der Waals surface area contributed by atoms with Crippen LogP contribution in [-0.2, 0) is 25.7 Å². The fourth-order valence-corrected chi connectivity index (χ4v) is 3.64. The Morgan fingerprint density at radius 2 is 0.810 bits per heavy atom. The van der Waals surface area contributed by atoms with E-state index in [1.165, 1.54) is 32.0 Å². The van der Waals surface area contributed by atoms with E-state index in [2.05, 4.69) is 64.1 Å². The molecule has 2 rings (SSSR count). The van der Waals surface area contributed by atoms with Crippen LogP contribution in [0.4, 0.5) is 0 Å². The van der Waals surface area contributed by atoms with Crippen molar-refractivity contribution in [1.29, 1.82) is 0 Å². The number of aryl methyl sites for hydroxylation is 4. The minimum absolute atomic E-state index is 1.11. The van der Waals surface area contributed by atoms with Crippen LogP contribution in [0.15, 0.2) is 46.2 Å². The van der Waals surface area contributed by atoms with E-state index in [0.29, 0.717) is 0 Å². The molecule has 0 aliphatic heterocycles. The predicted molar refractivity (Wildman–Crippen MR) is 94.5 cm³/mol. The van der Waals surface area contributed by atoms with Crippen LogP contribution in [0, 0.1) is 0 Å². The SMILES string of the molecule is CCc1cc(CC)cc(Sc2cc(CC)cc(CC)c2)c1. The van der Waals surface area contributed by atoms with Gasteiger partial charge >= 0.3 is 0 Å². The molecule has 0 bridgehead atoms. The van der Waals surface area contributed by atoms with Crippen molar-refractivity contribution in [3.63, 3.8) is 0 Å². The lowest BCUT2D eigenvalue weighted by atomic mass is 10.1. The summed E-state index contributed by atoms with van der Waals surface area (Å²) in [6, 6.07) is 14.0. The molecule has 0 unspecified atom stereocenters. The van der Waals surface area contributed by atoms with Gasteiger partial charge in [0.1, 0.15) is 0 Å². The Labute approximate surface area is 134 Å². The zero-order valence-corrected chi connectivity index (χ0v) is 14.5. The molecule has 0 fully saturated rings. The highest BCUT2D eigenvalue weighted by Gasteiger charge is 2.04. The fraction of sp³-hybridized carbons (Fsp3) is 0.400. The number of benzene rings is 2. The third kappa shape index (κ3) is 4.38. The van der Waals surface area contributed by atoms with Crippen molar-refractivity contribution < 1.29 is 0 Å².